The molecule has 4 heteroatoms. The zero-order valence-corrected chi connectivity index (χ0v) is 15.8. The number of benzene rings is 3. The van der Waals surface area contributed by atoms with Gasteiger partial charge >= 0.3 is 0 Å². The van der Waals surface area contributed by atoms with Gasteiger partial charge in [-0.2, -0.15) is 0 Å². The summed E-state index contributed by atoms with van der Waals surface area (Å²) in [6, 6.07) is 31.4. The fraction of sp³-hybridized carbons (Fsp3) is 0.0909. The Labute approximate surface area is 161 Å². The summed E-state index contributed by atoms with van der Waals surface area (Å²) in [7, 11) is 0. The number of aromatic nitrogens is 3. The highest BCUT2D eigenvalue weighted by Crippen LogP contribution is 2.40. The molecule has 0 saturated heterocycles. The quantitative estimate of drug-likeness (QED) is 0.346. The zero-order valence-electron chi connectivity index (χ0n) is 14.2. The van der Waals surface area contributed by atoms with E-state index in [2.05, 4.69) is 99.0 Å². The second-order valence-corrected chi connectivity index (χ2v) is 6.66. The van der Waals surface area contributed by atoms with Gasteiger partial charge in [0.05, 0.1) is 11.9 Å². The predicted octanol–water partition coefficient (Wildman–Crippen LogP) is 5.01. The van der Waals surface area contributed by atoms with E-state index in [4.69, 9.17) is 0 Å². The molecular formula is C22H18BrN3. The highest BCUT2D eigenvalue weighted by Gasteiger charge is 2.39. The number of hydrogen-bond acceptors (Lipinski definition) is 2. The van der Waals surface area contributed by atoms with E-state index in [9.17, 15) is 0 Å². The molecule has 0 spiro atoms. The third kappa shape index (κ3) is 2.76. The van der Waals surface area contributed by atoms with Crippen molar-refractivity contribution < 1.29 is 0 Å². The monoisotopic (exact) mass is 403 g/mol. The SMILES string of the molecule is BrCc1cn(C(c2ccccc2)(c2ccccc2)c2ccccc2)nn1. The second kappa shape index (κ2) is 7.26. The largest absolute Gasteiger partial charge is 0.233 e. The molecule has 0 bridgehead atoms. The second-order valence-electron chi connectivity index (χ2n) is 6.10. The first-order valence-corrected chi connectivity index (χ1v) is 9.62. The van der Waals surface area contributed by atoms with E-state index in [1.807, 2.05) is 29.1 Å². The fourth-order valence-corrected chi connectivity index (χ4v) is 3.72. The summed E-state index contributed by atoms with van der Waals surface area (Å²) in [6.45, 7) is 0. The standard InChI is InChI=1S/C22H18BrN3/c23-16-21-17-26(25-24-21)22(18-10-4-1-5-11-18,19-12-6-2-7-13-19)20-14-8-3-9-15-20/h1-15,17H,16H2. The molecule has 0 amide bonds. The van der Waals surface area contributed by atoms with Gasteiger partial charge in [-0.3, -0.25) is 0 Å². The Bertz CT molecular complexity index is 869. The van der Waals surface area contributed by atoms with Crippen molar-refractivity contribution in [1.29, 1.82) is 0 Å². The van der Waals surface area contributed by atoms with Crippen LogP contribution in [-0.2, 0) is 10.9 Å². The van der Waals surface area contributed by atoms with Crippen molar-refractivity contribution in [2.24, 2.45) is 0 Å². The number of halogens is 1. The van der Waals surface area contributed by atoms with Gasteiger partial charge < -0.3 is 0 Å². The minimum atomic E-state index is -0.586. The van der Waals surface area contributed by atoms with Crippen LogP contribution in [0.4, 0.5) is 0 Å². The molecule has 0 N–H and O–H groups in total. The van der Waals surface area contributed by atoms with Crippen molar-refractivity contribution in [2.45, 2.75) is 10.9 Å². The topological polar surface area (TPSA) is 30.7 Å². The van der Waals surface area contributed by atoms with Crippen LogP contribution in [0.2, 0.25) is 0 Å². The van der Waals surface area contributed by atoms with Crippen LogP contribution in [0, 0.1) is 0 Å². The Hall–Kier alpha value is -2.72. The van der Waals surface area contributed by atoms with Crippen LogP contribution >= 0.6 is 15.9 Å². The first kappa shape index (κ1) is 16.7. The van der Waals surface area contributed by atoms with Crippen molar-refractivity contribution >= 4 is 15.9 Å². The summed E-state index contributed by atoms with van der Waals surface area (Å²) >= 11 is 3.49. The molecule has 3 aromatic carbocycles. The molecule has 128 valence electrons. The summed E-state index contributed by atoms with van der Waals surface area (Å²) in [5.41, 5.74) is 3.74. The molecule has 0 atom stereocenters. The maximum atomic E-state index is 4.53. The van der Waals surface area contributed by atoms with Crippen LogP contribution in [-0.4, -0.2) is 15.0 Å². The minimum absolute atomic E-state index is 0.586. The molecule has 26 heavy (non-hydrogen) atoms. The number of rotatable bonds is 5. The van der Waals surface area contributed by atoms with Gasteiger partial charge in [-0.1, -0.05) is 112 Å². The van der Waals surface area contributed by atoms with Crippen molar-refractivity contribution in [3.8, 4) is 0 Å². The molecule has 0 radical (unpaired) electrons. The molecule has 0 aliphatic heterocycles. The highest BCUT2D eigenvalue weighted by molar-refractivity contribution is 9.08. The van der Waals surface area contributed by atoms with Crippen LogP contribution in [0.3, 0.4) is 0 Å². The van der Waals surface area contributed by atoms with Gasteiger partial charge in [-0.25, -0.2) is 4.68 Å². The summed E-state index contributed by atoms with van der Waals surface area (Å²) in [5, 5.41) is 9.54. The average Bonchev–Trinajstić information content (AvgIpc) is 3.21. The number of alkyl halides is 1. The molecule has 0 fully saturated rings. The van der Waals surface area contributed by atoms with Gasteiger partial charge in [-0.15, -0.1) is 5.10 Å². The van der Waals surface area contributed by atoms with Crippen molar-refractivity contribution in [3.05, 3.63) is 120 Å². The molecular weight excluding hydrogens is 386 g/mol. The molecule has 0 unspecified atom stereocenters. The lowest BCUT2D eigenvalue weighted by Gasteiger charge is -2.35. The molecule has 1 aromatic heterocycles. The highest BCUT2D eigenvalue weighted by atomic mass is 79.9. The smallest absolute Gasteiger partial charge is 0.139 e. The van der Waals surface area contributed by atoms with Gasteiger partial charge in [0.15, 0.2) is 0 Å². The van der Waals surface area contributed by atoms with Crippen molar-refractivity contribution in [3.63, 3.8) is 0 Å². The molecule has 0 saturated carbocycles. The van der Waals surface area contributed by atoms with Crippen LogP contribution in [0.5, 0.6) is 0 Å². The van der Waals surface area contributed by atoms with Crippen molar-refractivity contribution in [1.82, 2.24) is 15.0 Å². The molecule has 0 aliphatic rings. The van der Waals surface area contributed by atoms with Gasteiger partial charge in [0.2, 0.25) is 0 Å². The van der Waals surface area contributed by atoms with Crippen LogP contribution in [0.25, 0.3) is 0 Å². The van der Waals surface area contributed by atoms with Gasteiger partial charge in [0.1, 0.15) is 5.54 Å². The van der Waals surface area contributed by atoms with Gasteiger partial charge in [-0.05, 0) is 16.7 Å². The summed E-state index contributed by atoms with van der Waals surface area (Å²) in [4.78, 5) is 0. The maximum absolute atomic E-state index is 4.53. The number of hydrogen-bond donors (Lipinski definition) is 0. The average molecular weight is 404 g/mol. The summed E-state index contributed by atoms with van der Waals surface area (Å²) < 4.78 is 1.98. The van der Waals surface area contributed by atoms with Crippen LogP contribution in [0.15, 0.2) is 97.2 Å². The van der Waals surface area contributed by atoms with E-state index in [0.29, 0.717) is 5.33 Å². The Balaban J connectivity index is 2.10. The summed E-state index contributed by atoms with van der Waals surface area (Å²) in [6.07, 6.45) is 2.02. The molecule has 4 rings (SSSR count). The Kier molecular flexibility index (Phi) is 4.67. The molecule has 3 nitrogen and oxygen atoms in total. The Morgan fingerprint density at radius 2 is 1.12 bits per heavy atom. The first-order chi connectivity index (χ1) is 12.9. The lowest BCUT2D eigenvalue weighted by molar-refractivity contribution is 0.446. The van der Waals surface area contributed by atoms with Crippen LogP contribution in [0.1, 0.15) is 22.4 Å². The zero-order chi connectivity index (χ0) is 17.8. The van der Waals surface area contributed by atoms with Gasteiger partial charge in [0.25, 0.3) is 0 Å². The van der Waals surface area contributed by atoms with Crippen LogP contribution < -0.4 is 0 Å². The van der Waals surface area contributed by atoms with Gasteiger partial charge in [0, 0.05) is 5.33 Å². The Morgan fingerprint density at radius 1 is 0.692 bits per heavy atom. The van der Waals surface area contributed by atoms with E-state index in [1.165, 1.54) is 0 Å². The lowest BCUT2D eigenvalue weighted by atomic mass is 9.77. The van der Waals surface area contributed by atoms with Crippen molar-refractivity contribution in [2.75, 3.05) is 0 Å². The lowest BCUT2D eigenvalue weighted by Crippen LogP contribution is -2.38. The third-order valence-corrected chi connectivity index (χ3v) is 5.17. The molecule has 0 aliphatic carbocycles. The maximum Gasteiger partial charge on any atom is 0.139 e. The Morgan fingerprint density at radius 3 is 1.46 bits per heavy atom. The fourth-order valence-electron chi connectivity index (χ4n) is 3.46. The third-order valence-electron chi connectivity index (χ3n) is 4.60. The summed E-state index contributed by atoms with van der Waals surface area (Å²) in [5.74, 6) is 0. The van der Waals surface area contributed by atoms with E-state index in [0.717, 1.165) is 22.4 Å². The van der Waals surface area contributed by atoms with E-state index < -0.39 is 5.54 Å². The first-order valence-electron chi connectivity index (χ1n) is 8.50. The molecule has 1 heterocycles. The number of nitrogens with zero attached hydrogens (tertiary/aromatic N) is 3. The normalized spacial score (nSPS) is 11.4. The van der Waals surface area contributed by atoms with E-state index >= 15 is 0 Å². The molecule has 4 aromatic rings. The van der Waals surface area contributed by atoms with E-state index in [1.54, 1.807) is 0 Å². The van der Waals surface area contributed by atoms with E-state index in [-0.39, 0.29) is 0 Å². The predicted molar refractivity (Wildman–Crippen MR) is 107 cm³/mol. The minimum Gasteiger partial charge on any atom is -0.233 e.